The summed E-state index contributed by atoms with van der Waals surface area (Å²) in [4.78, 5) is 0. The van der Waals surface area contributed by atoms with Crippen LogP contribution in [-0.2, 0) is 0 Å². The van der Waals surface area contributed by atoms with E-state index in [1.807, 2.05) is 11.9 Å². The van der Waals surface area contributed by atoms with E-state index in [9.17, 15) is 0 Å². The minimum atomic E-state index is 0.392. The molecule has 1 aliphatic carbocycles. The fourth-order valence-corrected chi connectivity index (χ4v) is 4.56. The van der Waals surface area contributed by atoms with Crippen LogP contribution in [0.2, 0.25) is 0 Å². The van der Waals surface area contributed by atoms with Crippen molar-refractivity contribution in [3.8, 4) is 0 Å². The third-order valence-corrected chi connectivity index (χ3v) is 5.64. The van der Waals surface area contributed by atoms with Crippen LogP contribution in [0.25, 0.3) is 11.0 Å². The smallest absolute Gasteiger partial charge is 0.0648 e. The number of piperidine rings is 1. The lowest BCUT2D eigenvalue weighted by atomic mass is 9.96. The van der Waals surface area contributed by atoms with Gasteiger partial charge in [0.2, 0.25) is 0 Å². The number of rotatable bonds is 1. The molecule has 1 saturated heterocycles. The minimum Gasteiger partial charge on any atom is -0.317 e. The summed E-state index contributed by atoms with van der Waals surface area (Å²) in [5.74, 6) is 0. The van der Waals surface area contributed by atoms with Gasteiger partial charge in [-0.2, -0.15) is 0 Å². The van der Waals surface area contributed by atoms with E-state index in [-0.39, 0.29) is 0 Å². The number of hydrogen-bond donors (Lipinski definition) is 1. The van der Waals surface area contributed by atoms with Gasteiger partial charge in [0.25, 0.3) is 0 Å². The third-order valence-electron chi connectivity index (χ3n) is 4.51. The Bertz CT molecular complexity index is 698. The zero-order valence-electron chi connectivity index (χ0n) is 12.0. The van der Waals surface area contributed by atoms with Gasteiger partial charge in [0.1, 0.15) is 0 Å². The first-order valence-corrected chi connectivity index (χ1v) is 8.57. The predicted molar refractivity (Wildman–Crippen MR) is 91.0 cm³/mol. The summed E-state index contributed by atoms with van der Waals surface area (Å²) in [6.45, 7) is 2.27. The number of nitrogens with one attached hydrogen (secondary N) is 1. The van der Waals surface area contributed by atoms with Crippen molar-refractivity contribution in [1.29, 1.82) is 0 Å². The van der Waals surface area contributed by atoms with Gasteiger partial charge in [0.05, 0.1) is 6.04 Å². The standard InChI is InChI=1S/C18H20N2S/c1-2-6-16-14(5-1)13-21-20(15-9-11-19-12-10-15)18-8-4-3-7-17(16)18/h1-8,13,15,18-19H,9-12H2. The van der Waals surface area contributed by atoms with Gasteiger partial charge < -0.3 is 5.32 Å². The van der Waals surface area contributed by atoms with E-state index in [4.69, 9.17) is 0 Å². The molecule has 108 valence electrons. The molecule has 0 saturated carbocycles. The summed E-state index contributed by atoms with van der Waals surface area (Å²) in [7, 11) is 0. The van der Waals surface area contributed by atoms with Gasteiger partial charge in [-0.3, -0.25) is 0 Å². The van der Waals surface area contributed by atoms with Crippen LogP contribution < -0.4 is 15.8 Å². The highest BCUT2D eigenvalue weighted by molar-refractivity contribution is 8.04. The lowest BCUT2D eigenvalue weighted by Crippen LogP contribution is -2.44. The molecule has 21 heavy (non-hydrogen) atoms. The zero-order chi connectivity index (χ0) is 14.1. The molecule has 3 heteroatoms. The maximum absolute atomic E-state index is 3.47. The number of allylic oxidation sites excluding steroid dienone is 2. The fourth-order valence-electron chi connectivity index (χ4n) is 3.42. The molecule has 2 heterocycles. The largest absolute Gasteiger partial charge is 0.317 e. The average Bonchev–Trinajstić information content (AvgIpc) is 2.73. The van der Waals surface area contributed by atoms with Crippen molar-refractivity contribution >= 4 is 22.9 Å². The van der Waals surface area contributed by atoms with Gasteiger partial charge in [0.15, 0.2) is 0 Å². The van der Waals surface area contributed by atoms with Gasteiger partial charge in [-0.1, -0.05) is 48.6 Å². The van der Waals surface area contributed by atoms with Crippen LogP contribution >= 0.6 is 11.9 Å². The molecule has 1 fully saturated rings. The van der Waals surface area contributed by atoms with E-state index in [0.29, 0.717) is 12.1 Å². The Kier molecular flexibility index (Phi) is 3.72. The molecule has 3 aliphatic rings. The lowest BCUT2D eigenvalue weighted by molar-refractivity contribution is 0.278. The fraction of sp³-hybridized carbons (Fsp3) is 0.333. The second kappa shape index (κ2) is 5.84. The lowest BCUT2D eigenvalue weighted by Gasteiger charge is -2.37. The van der Waals surface area contributed by atoms with Crippen LogP contribution in [0.5, 0.6) is 0 Å². The molecule has 0 spiro atoms. The van der Waals surface area contributed by atoms with Crippen LogP contribution in [0.3, 0.4) is 0 Å². The van der Waals surface area contributed by atoms with E-state index in [0.717, 1.165) is 13.1 Å². The molecule has 1 aromatic rings. The Morgan fingerprint density at radius 2 is 1.95 bits per heavy atom. The molecule has 2 nitrogen and oxygen atoms in total. The molecule has 0 bridgehead atoms. The van der Waals surface area contributed by atoms with Crippen molar-refractivity contribution < 1.29 is 0 Å². The molecule has 4 rings (SSSR count). The normalized spacial score (nSPS) is 25.9. The van der Waals surface area contributed by atoms with Crippen molar-refractivity contribution in [2.24, 2.45) is 0 Å². The Morgan fingerprint density at radius 3 is 2.86 bits per heavy atom. The van der Waals surface area contributed by atoms with Crippen molar-refractivity contribution in [3.05, 3.63) is 59.0 Å². The molecule has 1 atom stereocenters. The SMILES string of the molecule is C1=CC2=c3ccccc3=CSN(C3CCNCC3)C2C=C1. The maximum atomic E-state index is 3.47. The van der Waals surface area contributed by atoms with Crippen LogP contribution in [0, 0.1) is 0 Å². The van der Waals surface area contributed by atoms with E-state index in [1.54, 1.807) is 0 Å². The van der Waals surface area contributed by atoms with Crippen LogP contribution in [-0.4, -0.2) is 29.5 Å². The molecule has 1 unspecified atom stereocenters. The van der Waals surface area contributed by atoms with Gasteiger partial charge in [0, 0.05) is 6.04 Å². The van der Waals surface area contributed by atoms with Crippen LogP contribution in [0.1, 0.15) is 12.8 Å². The maximum Gasteiger partial charge on any atom is 0.0648 e. The van der Waals surface area contributed by atoms with Gasteiger partial charge in [-0.15, -0.1) is 0 Å². The summed E-state index contributed by atoms with van der Waals surface area (Å²) < 4.78 is 2.61. The van der Waals surface area contributed by atoms with Crippen molar-refractivity contribution in [1.82, 2.24) is 9.62 Å². The summed E-state index contributed by atoms with van der Waals surface area (Å²) >= 11 is 1.89. The number of nitrogens with zero attached hydrogens (tertiary/aromatic N) is 1. The van der Waals surface area contributed by atoms with E-state index >= 15 is 0 Å². The Hall–Kier alpha value is -1.29. The van der Waals surface area contributed by atoms with E-state index in [2.05, 4.69) is 63.6 Å². The first kappa shape index (κ1) is 13.4. The van der Waals surface area contributed by atoms with Gasteiger partial charge >= 0.3 is 0 Å². The molecule has 0 aromatic heterocycles. The molecular weight excluding hydrogens is 276 g/mol. The van der Waals surface area contributed by atoms with Crippen molar-refractivity contribution in [2.45, 2.75) is 24.9 Å². The molecule has 2 aliphatic heterocycles. The number of benzene rings is 1. The second-order valence-corrected chi connectivity index (χ2v) is 6.66. The van der Waals surface area contributed by atoms with E-state index < -0.39 is 0 Å². The molecule has 0 radical (unpaired) electrons. The Balaban J connectivity index is 1.82. The summed E-state index contributed by atoms with van der Waals surface area (Å²) in [6, 6.07) is 9.80. The quantitative estimate of drug-likeness (QED) is 0.796. The minimum absolute atomic E-state index is 0.392. The van der Waals surface area contributed by atoms with Crippen LogP contribution in [0.15, 0.2) is 48.6 Å². The summed E-state index contributed by atoms with van der Waals surface area (Å²) in [5.41, 5.74) is 1.44. The van der Waals surface area contributed by atoms with Crippen LogP contribution in [0.4, 0.5) is 0 Å². The highest BCUT2D eigenvalue weighted by atomic mass is 32.2. The highest BCUT2D eigenvalue weighted by Crippen LogP contribution is 2.31. The van der Waals surface area contributed by atoms with E-state index in [1.165, 1.54) is 28.9 Å². The zero-order valence-corrected chi connectivity index (χ0v) is 12.9. The summed E-state index contributed by atoms with van der Waals surface area (Å²) in [6.07, 6.45) is 11.5. The third kappa shape index (κ3) is 2.50. The molecule has 1 aromatic carbocycles. The summed E-state index contributed by atoms with van der Waals surface area (Å²) in [5, 5.41) is 8.53. The second-order valence-electron chi connectivity index (χ2n) is 5.80. The highest BCUT2D eigenvalue weighted by Gasteiger charge is 2.30. The monoisotopic (exact) mass is 296 g/mol. The topological polar surface area (TPSA) is 15.3 Å². The number of hydrogen-bond acceptors (Lipinski definition) is 3. The first-order chi connectivity index (χ1) is 10.4. The van der Waals surface area contributed by atoms with Gasteiger partial charge in [-0.05, 0) is 59.3 Å². The predicted octanol–water partition coefficient (Wildman–Crippen LogP) is 1.79. The Morgan fingerprint density at radius 1 is 1.10 bits per heavy atom. The number of fused-ring (bicyclic) bond motifs is 2. The Labute approximate surface area is 130 Å². The van der Waals surface area contributed by atoms with Crippen molar-refractivity contribution in [2.75, 3.05) is 13.1 Å². The first-order valence-electron chi connectivity index (χ1n) is 7.73. The molecule has 1 N–H and O–H groups in total. The van der Waals surface area contributed by atoms with Crippen molar-refractivity contribution in [3.63, 3.8) is 0 Å². The van der Waals surface area contributed by atoms with Gasteiger partial charge in [-0.25, -0.2) is 4.31 Å². The average molecular weight is 296 g/mol. The molecular formula is C18H20N2S. The molecule has 0 amide bonds.